The number of imidazole rings is 1. The molecule has 7 aromatic rings. The van der Waals surface area contributed by atoms with E-state index in [1.165, 1.54) is 12.1 Å². The summed E-state index contributed by atoms with van der Waals surface area (Å²) in [5.74, 6) is 0.426. The van der Waals surface area contributed by atoms with Crippen LogP contribution in [0.1, 0.15) is 28.8 Å². The summed E-state index contributed by atoms with van der Waals surface area (Å²) in [6.07, 6.45) is 5.67. The van der Waals surface area contributed by atoms with Gasteiger partial charge in [0.05, 0.1) is 17.7 Å². The molecule has 4 aromatic carbocycles. The van der Waals surface area contributed by atoms with Crippen LogP contribution in [-0.2, 0) is 18.5 Å². The van der Waals surface area contributed by atoms with Crippen LogP contribution in [-0.4, -0.2) is 29.3 Å². The van der Waals surface area contributed by atoms with Crippen molar-refractivity contribution < 1.29 is 4.39 Å². The second-order valence-electron chi connectivity index (χ2n) is 10.6. The number of nitrogens with one attached hydrogen (secondary N) is 2. The molecule has 7 rings (SSSR count). The fourth-order valence-corrected chi connectivity index (χ4v) is 6.26. The Morgan fingerprint density at radius 1 is 0.791 bits per heavy atom. The first kappa shape index (κ1) is 26.8. The van der Waals surface area contributed by atoms with Gasteiger partial charge < -0.3 is 9.55 Å². The molecule has 0 unspecified atom stereocenters. The summed E-state index contributed by atoms with van der Waals surface area (Å²) in [6.45, 7) is 0.655. The summed E-state index contributed by atoms with van der Waals surface area (Å²) >= 11 is 5.57. The molecule has 0 aliphatic heterocycles. The SMILES string of the molecule is Fc1ccc2[nH]c(-c3n[nH]c(=S)n3CCCc3cn(C(c4ccccc4)(c4ccccc4)c4ccccc4)cn3)cc2c1. The molecule has 0 bridgehead atoms. The van der Waals surface area contributed by atoms with Crippen LogP contribution in [0, 0.1) is 10.6 Å². The molecule has 0 aliphatic carbocycles. The van der Waals surface area contributed by atoms with E-state index in [0.717, 1.165) is 51.8 Å². The summed E-state index contributed by atoms with van der Waals surface area (Å²) in [4.78, 5) is 8.22. The van der Waals surface area contributed by atoms with Gasteiger partial charge in [-0.1, -0.05) is 91.0 Å². The fraction of sp³-hybridized carbons (Fsp3) is 0.114. The maximum Gasteiger partial charge on any atom is 0.195 e. The van der Waals surface area contributed by atoms with E-state index in [4.69, 9.17) is 17.2 Å². The molecule has 0 aliphatic rings. The lowest BCUT2D eigenvalue weighted by Gasteiger charge is -2.37. The molecule has 0 saturated carbocycles. The number of aromatic nitrogens is 6. The number of nitrogens with zero attached hydrogens (tertiary/aromatic N) is 4. The number of aryl methyl sites for hydroxylation is 1. The highest BCUT2D eigenvalue weighted by molar-refractivity contribution is 7.71. The van der Waals surface area contributed by atoms with E-state index < -0.39 is 5.54 Å². The van der Waals surface area contributed by atoms with Gasteiger partial charge >= 0.3 is 0 Å². The van der Waals surface area contributed by atoms with Crippen molar-refractivity contribution in [2.45, 2.75) is 24.9 Å². The first-order valence-corrected chi connectivity index (χ1v) is 14.7. The quantitative estimate of drug-likeness (QED) is 0.134. The summed E-state index contributed by atoms with van der Waals surface area (Å²) in [5.41, 5.74) is 5.50. The first-order valence-electron chi connectivity index (χ1n) is 14.3. The van der Waals surface area contributed by atoms with Gasteiger partial charge in [-0.25, -0.2) is 9.37 Å². The van der Waals surface area contributed by atoms with Crippen LogP contribution >= 0.6 is 12.2 Å². The monoisotopic (exact) mass is 584 g/mol. The molecule has 6 nitrogen and oxygen atoms in total. The van der Waals surface area contributed by atoms with Gasteiger partial charge in [0.25, 0.3) is 0 Å². The van der Waals surface area contributed by atoms with Crippen LogP contribution in [0.5, 0.6) is 0 Å². The topological polar surface area (TPSA) is 67.2 Å². The predicted octanol–water partition coefficient (Wildman–Crippen LogP) is 7.90. The average Bonchev–Trinajstić information content (AvgIpc) is 3.78. The molecule has 3 aromatic heterocycles. The van der Waals surface area contributed by atoms with Gasteiger partial charge in [-0.15, -0.1) is 0 Å². The lowest BCUT2D eigenvalue weighted by Crippen LogP contribution is -2.36. The van der Waals surface area contributed by atoms with Crippen molar-refractivity contribution >= 4 is 23.1 Å². The molecular formula is C35H29FN6S. The van der Waals surface area contributed by atoms with E-state index in [9.17, 15) is 4.39 Å². The molecule has 0 amide bonds. The maximum atomic E-state index is 13.8. The third kappa shape index (κ3) is 4.89. The zero-order chi connectivity index (χ0) is 29.2. The first-order chi connectivity index (χ1) is 21.1. The Hall–Kier alpha value is -5.08. The van der Waals surface area contributed by atoms with E-state index in [2.05, 4.69) is 98.7 Å². The average molecular weight is 585 g/mol. The number of rotatable bonds is 9. The van der Waals surface area contributed by atoms with Gasteiger partial charge in [0, 0.05) is 23.6 Å². The van der Waals surface area contributed by atoms with Crippen LogP contribution in [0.4, 0.5) is 4.39 Å². The van der Waals surface area contributed by atoms with Crippen molar-refractivity contribution in [1.29, 1.82) is 0 Å². The fourth-order valence-electron chi connectivity index (χ4n) is 6.03. The zero-order valence-electron chi connectivity index (χ0n) is 23.3. The Labute approximate surface area is 253 Å². The van der Waals surface area contributed by atoms with E-state index in [0.29, 0.717) is 17.1 Å². The normalized spacial score (nSPS) is 11.7. The van der Waals surface area contributed by atoms with Gasteiger partial charge in [0.2, 0.25) is 0 Å². The minimum atomic E-state index is -0.593. The number of aromatic amines is 2. The third-order valence-corrected chi connectivity index (χ3v) is 8.31. The number of benzene rings is 4. The Bertz CT molecular complexity index is 1940. The molecule has 0 spiro atoms. The Kier molecular flexibility index (Phi) is 7.04. The molecule has 2 N–H and O–H groups in total. The van der Waals surface area contributed by atoms with Gasteiger partial charge in [-0.05, 0) is 66.0 Å². The molecule has 43 heavy (non-hydrogen) atoms. The van der Waals surface area contributed by atoms with E-state index >= 15 is 0 Å². The van der Waals surface area contributed by atoms with Gasteiger partial charge in [0.15, 0.2) is 10.6 Å². The number of H-pyrrole nitrogens is 2. The van der Waals surface area contributed by atoms with Crippen molar-refractivity contribution in [3.8, 4) is 11.5 Å². The lowest BCUT2D eigenvalue weighted by atomic mass is 9.77. The molecular weight excluding hydrogens is 555 g/mol. The standard InChI is InChI=1S/C35H29FN6S/c36-29-18-19-31-25(21-29)22-32(38-31)33-39-40-34(43)42(33)20-10-17-30-23-41(24-37-30)35(26-11-4-1-5-12-26,27-13-6-2-7-14-27)28-15-8-3-9-16-28/h1-9,11-16,18-19,21-24,38H,10,17,20H2,(H,40,43). The third-order valence-electron chi connectivity index (χ3n) is 7.99. The highest BCUT2D eigenvalue weighted by atomic mass is 32.1. The van der Waals surface area contributed by atoms with Crippen molar-refractivity contribution in [3.63, 3.8) is 0 Å². The van der Waals surface area contributed by atoms with Gasteiger partial charge in [0.1, 0.15) is 11.4 Å². The summed E-state index contributed by atoms with van der Waals surface area (Å²) in [6, 6.07) is 38.3. The van der Waals surface area contributed by atoms with Crippen LogP contribution in [0.3, 0.4) is 0 Å². The minimum Gasteiger partial charge on any atom is -0.352 e. The molecule has 212 valence electrons. The van der Waals surface area contributed by atoms with Crippen LogP contribution in [0.2, 0.25) is 0 Å². The minimum absolute atomic E-state index is 0.271. The highest BCUT2D eigenvalue weighted by Gasteiger charge is 2.38. The van der Waals surface area contributed by atoms with Crippen LogP contribution in [0.15, 0.2) is 128 Å². The van der Waals surface area contributed by atoms with Crippen molar-refractivity contribution in [2.75, 3.05) is 0 Å². The lowest BCUT2D eigenvalue weighted by molar-refractivity contribution is 0.514. The smallest absolute Gasteiger partial charge is 0.195 e. The Morgan fingerprint density at radius 2 is 1.42 bits per heavy atom. The van der Waals surface area contributed by atoms with Crippen LogP contribution in [0.25, 0.3) is 22.4 Å². The number of hydrogen-bond acceptors (Lipinski definition) is 3. The number of halogens is 1. The second-order valence-corrected chi connectivity index (χ2v) is 11.0. The Morgan fingerprint density at radius 3 is 2.05 bits per heavy atom. The molecule has 0 atom stereocenters. The van der Waals surface area contributed by atoms with Crippen molar-refractivity contribution in [1.82, 2.24) is 29.3 Å². The van der Waals surface area contributed by atoms with E-state index in [-0.39, 0.29) is 5.82 Å². The second kappa shape index (κ2) is 11.3. The Balaban J connectivity index is 1.20. The van der Waals surface area contributed by atoms with Gasteiger partial charge in [-0.3, -0.25) is 9.67 Å². The maximum absolute atomic E-state index is 13.8. The largest absolute Gasteiger partial charge is 0.352 e. The van der Waals surface area contributed by atoms with Gasteiger partial charge in [-0.2, -0.15) is 5.10 Å². The van der Waals surface area contributed by atoms with Crippen molar-refractivity contribution in [3.05, 3.63) is 161 Å². The molecule has 0 radical (unpaired) electrons. The van der Waals surface area contributed by atoms with E-state index in [1.54, 1.807) is 6.07 Å². The summed E-state index contributed by atoms with van der Waals surface area (Å²) < 4.78 is 18.5. The summed E-state index contributed by atoms with van der Waals surface area (Å²) in [5, 5.41) is 8.18. The number of fused-ring (bicyclic) bond motifs is 1. The van der Waals surface area contributed by atoms with Crippen molar-refractivity contribution in [2.24, 2.45) is 0 Å². The zero-order valence-corrected chi connectivity index (χ0v) is 24.1. The molecule has 8 heteroatoms. The molecule has 3 heterocycles. The number of hydrogen-bond donors (Lipinski definition) is 2. The predicted molar refractivity (Wildman–Crippen MR) is 170 cm³/mol. The van der Waals surface area contributed by atoms with Crippen LogP contribution < -0.4 is 0 Å². The van der Waals surface area contributed by atoms with E-state index in [1.807, 2.05) is 35.2 Å². The summed E-state index contributed by atoms with van der Waals surface area (Å²) in [7, 11) is 0. The highest BCUT2D eigenvalue weighted by Crippen LogP contribution is 2.40. The molecule has 0 saturated heterocycles. The molecule has 0 fully saturated rings.